The molecule has 0 spiro atoms. The van der Waals surface area contributed by atoms with Crippen LogP contribution in [-0.2, 0) is 14.1 Å². The highest BCUT2D eigenvalue weighted by Gasteiger charge is 2.50. The van der Waals surface area contributed by atoms with E-state index in [0.29, 0.717) is 0 Å². The lowest BCUT2D eigenvalue weighted by molar-refractivity contribution is -0.129. The molecule has 1 aliphatic rings. The molecule has 0 saturated carbocycles. The predicted molar refractivity (Wildman–Crippen MR) is 102 cm³/mol. The zero-order valence-electron chi connectivity index (χ0n) is 16.7. The first-order chi connectivity index (χ1) is 11.4. The van der Waals surface area contributed by atoms with E-state index in [1.54, 1.807) is 0 Å². The summed E-state index contributed by atoms with van der Waals surface area (Å²) < 4.78 is 12.2. The lowest BCUT2D eigenvalue weighted by Gasteiger charge is -2.32. The molecule has 1 N–H and O–H groups in total. The van der Waals surface area contributed by atoms with E-state index in [-0.39, 0.29) is 30.3 Å². The molecule has 1 aliphatic heterocycles. The molecule has 1 fully saturated rings. The summed E-state index contributed by atoms with van der Waals surface area (Å²) in [6.07, 6.45) is 1.50. The van der Waals surface area contributed by atoms with Crippen LogP contribution in [0.25, 0.3) is 0 Å². The Bertz CT molecular complexity index is 577. The molecule has 25 heavy (non-hydrogen) atoms. The third-order valence-corrected chi connectivity index (χ3v) is 5.18. The minimum absolute atomic E-state index is 0.0491. The first-order valence-electron chi connectivity index (χ1n) is 9.14. The van der Waals surface area contributed by atoms with Crippen LogP contribution in [0.1, 0.15) is 66.5 Å². The molecule has 2 rings (SSSR count). The molecule has 0 aromatic heterocycles. The summed E-state index contributed by atoms with van der Waals surface area (Å²) in [6.45, 7) is 14.0. The molecular formula is C20H32BNO3. The average Bonchev–Trinajstić information content (AvgIpc) is 2.70. The van der Waals surface area contributed by atoms with Gasteiger partial charge in [-0.25, -0.2) is 0 Å². The Labute approximate surface area is 152 Å². The summed E-state index contributed by atoms with van der Waals surface area (Å²) in [4.78, 5) is 12.5. The summed E-state index contributed by atoms with van der Waals surface area (Å²) in [6, 6.07) is 10.0. The van der Waals surface area contributed by atoms with Gasteiger partial charge in [0.15, 0.2) is 0 Å². The second-order valence-electron chi connectivity index (χ2n) is 8.95. The average molecular weight is 345 g/mol. The fraction of sp³-hybridized carbons (Fsp3) is 0.650. The molecular weight excluding hydrogens is 313 g/mol. The van der Waals surface area contributed by atoms with Crippen molar-refractivity contribution >= 4 is 13.0 Å². The highest BCUT2D eigenvalue weighted by atomic mass is 16.7. The normalized spacial score (nSPS) is 20.4. The van der Waals surface area contributed by atoms with E-state index in [1.807, 2.05) is 39.0 Å². The SMILES string of the molecule is CC(C)(C)C(=O)N[C@@H](CCB1OC(C)(C)C(C)(C)O1)c1ccccc1. The van der Waals surface area contributed by atoms with Gasteiger partial charge in [0, 0.05) is 5.41 Å². The van der Waals surface area contributed by atoms with Crippen LogP contribution >= 0.6 is 0 Å². The third kappa shape index (κ3) is 4.86. The fourth-order valence-corrected chi connectivity index (χ4v) is 2.77. The molecule has 0 unspecified atom stereocenters. The van der Waals surface area contributed by atoms with Gasteiger partial charge in [0.05, 0.1) is 17.2 Å². The van der Waals surface area contributed by atoms with E-state index in [1.165, 1.54) is 0 Å². The molecule has 0 bridgehead atoms. The predicted octanol–water partition coefficient (Wildman–Crippen LogP) is 4.37. The highest BCUT2D eigenvalue weighted by molar-refractivity contribution is 6.45. The van der Waals surface area contributed by atoms with E-state index < -0.39 is 5.41 Å². The van der Waals surface area contributed by atoms with Gasteiger partial charge in [-0.3, -0.25) is 4.79 Å². The largest absolute Gasteiger partial charge is 0.457 e. The van der Waals surface area contributed by atoms with Gasteiger partial charge in [0.2, 0.25) is 5.91 Å². The lowest BCUT2D eigenvalue weighted by atomic mass is 9.80. The number of amides is 1. The Balaban J connectivity index is 2.06. The molecule has 1 aromatic rings. The van der Waals surface area contributed by atoms with Crippen LogP contribution in [0.4, 0.5) is 0 Å². The maximum Gasteiger partial charge on any atom is 0.457 e. The molecule has 1 heterocycles. The molecule has 138 valence electrons. The maximum absolute atomic E-state index is 12.5. The lowest BCUT2D eigenvalue weighted by Crippen LogP contribution is -2.41. The molecule has 1 atom stereocenters. The zero-order valence-corrected chi connectivity index (χ0v) is 16.7. The topological polar surface area (TPSA) is 47.6 Å². The Morgan fingerprint density at radius 1 is 1.08 bits per heavy atom. The molecule has 4 nitrogen and oxygen atoms in total. The van der Waals surface area contributed by atoms with Crippen LogP contribution in [0.3, 0.4) is 0 Å². The van der Waals surface area contributed by atoms with E-state index >= 15 is 0 Å². The van der Waals surface area contributed by atoms with Crippen LogP contribution in [0.5, 0.6) is 0 Å². The molecule has 0 radical (unpaired) electrons. The van der Waals surface area contributed by atoms with Crippen molar-refractivity contribution in [2.24, 2.45) is 5.41 Å². The van der Waals surface area contributed by atoms with Gasteiger partial charge in [0.1, 0.15) is 0 Å². The van der Waals surface area contributed by atoms with E-state index in [2.05, 4.69) is 45.1 Å². The summed E-state index contributed by atoms with van der Waals surface area (Å²) >= 11 is 0. The van der Waals surface area contributed by atoms with Crippen LogP contribution in [-0.4, -0.2) is 24.2 Å². The van der Waals surface area contributed by atoms with Crippen molar-refractivity contribution in [3.8, 4) is 0 Å². The second-order valence-corrected chi connectivity index (χ2v) is 8.95. The van der Waals surface area contributed by atoms with Crippen LogP contribution in [0.2, 0.25) is 6.32 Å². The number of rotatable bonds is 5. The van der Waals surface area contributed by atoms with Gasteiger partial charge < -0.3 is 14.6 Å². The Morgan fingerprint density at radius 2 is 1.60 bits per heavy atom. The second kappa shape index (κ2) is 7.12. The van der Waals surface area contributed by atoms with Crippen molar-refractivity contribution in [1.29, 1.82) is 0 Å². The number of carbonyl (C=O) groups excluding carboxylic acids is 1. The van der Waals surface area contributed by atoms with Crippen molar-refractivity contribution < 1.29 is 14.1 Å². The Kier molecular flexibility index (Phi) is 5.70. The minimum Gasteiger partial charge on any atom is -0.403 e. The van der Waals surface area contributed by atoms with Crippen molar-refractivity contribution in [2.45, 2.75) is 78.5 Å². The monoisotopic (exact) mass is 345 g/mol. The summed E-state index contributed by atoms with van der Waals surface area (Å²) in [7, 11) is -0.247. The van der Waals surface area contributed by atoms with Gasteiger partial charge in [-0.05, 0) is 46.0 Å². The van der Waals surface area contributed by atoms with Crippen LogP contribution in [0.15, 0.2) is 30.3 Å². The summed E-state index contributed by atoms with van der Waals surface area (Å²) in [5.74, 6) is 0.0512. The third-order valence-electron chi connectivity index (χ3n) is 5.18. The zero-order chi connectivity index (χ0) is 18.9. The fourth-order valence-electron chi connectivity index (χ4n) is 2.77. The summed E-state index contributed by atoms with van der Waals surface area (Å²) in [5.41, 5.74) is 0.0390. The molecule has 1 aromatic carbocycles. The number of hydrogen-bond donors (Lipinski definition) is 1. The van der Waals surface area contributed by atoms with E-state index in [9.17, 15) is 4.79 Å². The number of nitrogens with one attached hydrogen (secondary N) is 1. The van der Waals surface area contributed by atoms with Gasteiger partial charge in [-0.1, -0.05) is 51.1 Å². The van der Waals surface area contributed by atoms with Gasteiger partial charge >= 0.3 is 7.12 Å². The van der Waals surface area contributed by atoms with Gasteiger partial charge in [-0.15, -0.1) is 0 Å². The number of carbonyl (C=O) groups is 1. The van der Waals surface area contributed by atoms with Crippen molar-refractivity contribution in [3.05, 3.63) is 35.9 Å². The standard InChI is InChI=1S/C20H32BNO3/c1-18(2,3)17(23)22-16(15-11-9-8-10-12-15)13-14-21-24-19(4,5)20(6,7)25-21/h8-12,16H,13-14H2,1-7H3,(H,22,23)/t16-/m0/s1. The smallest absolute Gasteiger partial charge is 0.403 e. The first-order valence-corrected chi connectivity index (χ1v) is 9.14. The van der Waals surface area contributed by atoms with Crippen LogP contribution in [0, 0.1) is 5.41 Å². The van der Waals surface area contributed by atoms with E-state index in [0.717, 1.165) is 18.3 Å². The van der Waals surface area contributed by atoms with Crippen molar-refractivity contribution in [2.75, 3.05) is 0 Å². The number of benzene rings is 1. The Morgan fingerprint density at radius 3 is 2.08 bits per heavy atom. The van der Waals surface area contributed by atoms with E-state index in [4.69, 9.17) is 9.31 Å². The van der Waals surface area contributed by atoms with Crippen LogP contribution < -0.4 is 5.32 Å². The van der Waals surface area contributed by atoms with Crippen molar-refractivity contribution in [3.63, 3.8) is 0 Å². The van der Waals surface area contributed by atoms with Crippen molar-refractivity contribution in [1.82, 2.24) is 5.32 Å². The van der Waals surface area contributed by atoms with Gasteiger partial charge in [-0.2, -0.15) is 0 Å². The Hall–Kier alpha value is -1.33. The maximum atomic E-state index is 12.5. The molecule has 1 saturated heterocycles. The first kappa shape index (κ1) is 20.0. The number of hydrogen-bond acceptors (Lipinski definition) is 3. The minimum atomic E-state index is -0.419. The highest BCUT2D eigenvalue weighted by Crippen LogP contribution is 2.38. The molecule has 5 heteroatoms. The van der Waals surface area contributed by atoms with Gasteiger partial charge in [0.25, 0.3) is 0 Å². The quantitative estimate of drug-likeness (QED) is 0.806. The molecule has 0 aliphatic carbocycles. The molecule has 1 amide bonds. The summed E-state index contributed by atoms with van der Waals surface area (Å²) in [5, 5.41) is 3.19.